The number of benzene rings is 1. The predicted molar refractivity (Wildman–Crippen MR) is 64.6 cm³/mol. The molecule has 0 bridgehead atoms. The van der Waals surface area contributed by atoms with E-state index in [2.05, 4.69) is 25.5 Å². The number of terminal acetylenes is 1. The normalized spacial score (nSPS) is 15.0. The summed E-state index contributed by atoms with van der Waals surface area (Å²) in [5.74, 6) is 4.69. The minimum Gasteiger partial charge on any atom is -0.115 e. The molecule has 0 unspecified atom stereocenters. The maximum Gasteiger partial charge on any atom is 0.0280 e. The molecule has 0 nitrogen and oxygen atoms in total. The topological polar surface area (TPSA) is 0 Å². The van der Waals surface area contributed by atoms with E-state index < -0.39 is 0 Å². The first-order valence-corrected chi connectivity index (χ1v) is 5.33. The van der Waals surface area contributed by atoms with Gasteiger partial charge in [-0.2, -0.15) is 0 Å². The summed E-state index contributed by atoms with van der Waals surface area (Å²) in [6, 6.07) is 6.21. The van der Waals surface area contributed by atoms with Crippen LogP contribution in [0.25, 0.3) is 0 Å². The van der Waals surface area contributed by atoms with E-state index in [1.807, 2.05) is 18.2 Å². The second-order valence-electron chi connectivity index (χ2n) is 4.07. The van der Waals surface area contributed by atoms with Crippen LogP contribution in [0.3, 0.4) is 0 Å². The Morgan fingerprint density at radius 1 is 1.53 bits per heavy atom. The first-order chi connectivity index (χ1) is 7.27. The molecular weight excluding hydrogens is 180 g/mol. The van der Waals surface area contributed by atoms with Crippen LogP contribution >= 0.6 is 0 Å². The summed E-state index contributed by atoms with van der Waals surface area (Å²) in [5, 5.41) is 0. The fourth-order valence-corrected chi connectivity index (χ4v) is 1.96. The summed E-state index contributed by atoms with van der Waals surface area (Å²) in [4.78, 5) is 0. The van der Waals surface area contributed by atoms with Gasteiger partial charge >= 0.3 is 0 Å². The summed E-state index contributed by atoms with van der Waals surface area (Å²) in [6.07, 6.45) is 9.99. The van der Waals surface area contributed by atoms with Gasteiger partial charge in [0.2, 0.25) is 0 Å². The standard InChI is InChI=1S/C15H15/c1-4-11(3)14-8-6-7-12(5-2)15(14)13-9-10-13/h2,4,6-8,13H,1,9-10H2,3H3. The van der Waals surface area contributed by atoms with Crippen molar-refractivity contribution in [3.05, 3.63) is 53.5 Å². The van der Waals surface area contributed by atoms with Crippen LogP contribution in [0.2, 0.25) is 0 Å². The van der Waals surface area contributed by atoms with E-state index in [4.69, 9.17) is 6.42 Å². The van der Waals surface area contributed by atoms with Crippen molar-refractivity contribution in [3.8, 4) is 12.3 Å². The minimum atomic E-state index is 0.683. The molecule has 75 valence electrons. The van der Waals surface area contributed by atoms with E-state index >= 15 is 0 Å². The molecule has 0 heterocycles. The van der Waals surface area contributed by atoms with Crippen LogP contribution in [0.1, 0.15) is 42.4 Å². The molecule has 0 atom stereocenters. The Hall–Kier alpha value is -1.48. The third kappa shape index (κ3) is 1.83. The van der Waals surface area contributed by atoms with Crippen LogP contribution in [0.5, 0.6) is 0 Å². The van der Waals surface area contributed by atoms with Crippen LogP contribution < -0.4 is 0 Å². The van der Waals surface area contributed by atoms with Gasteiger partial charge in [-0.1, -0.05) is 31.1 Å². The monoisotopic (exact) mass is 195 g/mol. The van der Waals surface area contributed by atoms with Crippen molar-refractivity contribution >= 4 is 0 Å². The smallest absolute Gasteiger partial charge is 0.0280 e. The van der Waals surface area contributed by atoms with Crippen molar-refractivity contribution in [1.82, 2.24) is 0 Å². The highest BCUT2D eigenvalue weighted by atomic mass is 14.3. The largest absolute Gasteiger partial charge is 0.115 e. The lowest BCUT2D eigenvalue weighted by molar-refractivity contribution is 1.07. The van der Waals surface area contributed by atoms with Crippen LogP contribution in [0, 0.1) is 18.3 Å². The van der Waals surface area contributed by atoms with Gasteiger partial charge in [0.25, 0.3) is 0 Å². The van der Waals surface area contributed by atoms with E-state index in [-0.39, 0.29) is 0 Å². The van der Waals surface area contributed by atoms with Crippen molar-refractivity contribution in [1.29, 1.82) is 0 Å². The Labute approximate surface area is 92.0 Å². The molecule has 1 aromatic rings. The lowest BCUT2D eigenvalue weighted by Crippen LogP contribution is -1.99. The van der Waals surface area contributed by atoms with Gasteiger partial charge < -0.3 is 0 Å². The molecule has 2 rings (SSSR count). The molecule has 1 aromatic carbocycles. The number of hydrogen-bond acceptors (Lipinski definition) is 0. The molecule has 1 saturated carbocycles. The second-order valence-corrected chi connectivity index (χ2v) is 4.07. The molecule has 0 aliphatic heterocycles. The van der Waals surface area contributed by atoms with Gasteiger partial charge in [0.15, 0.2) is 0 Å². The molecular formula is C15H15. The second kappa shape index (κ2) is 3.95. The van der Waals surface area contributed by atoms with Crippen molar-refractivity contribution in [2.45, 2.75) is 25.7 Å². The van der Waals surface area contributed by atoms with Gasteiger partial charge in [-0.15, -0.1) is 13.0 Å². The first-order valence-electron chi connectivity index (χ1n) is 5.33. The highest BCUT2D eigenvalue weighted by Gasteiger charge is 2.28. The third-order valence-electron chi connectivity index (χ3n) is 2.98. The van der Waals surface area contributed by atoms with Crippen molar-refractivity contribution < 1.29 is 0 Å². The minimum absolute atomic E-state index is 0.683. The molecule has 1 fully saturated rings. The van der Waals surface area contributed by atoms with Gasteiger partial charge in [0.1, 0.15) is 0 Å². The highest BCUT2D eigenvalue weighted by molar-refractivity contribution is 5.54. The van der Waals surface area contributed by atoms with Gasteiger partial charge in [0.05, 0.1) is 0 Å². The SMILES string of the molecule is C#Cc1cccc([C](C)C=C)c1C1CC1. The lowest BCUT2D eigenvalue weighted by Gasteiger charge is -2.14. The lowest BCUT2D eigenvalue weighted by atomic mass is 9.90. The Morgan fingerprint density at radius 2 is 2.27 bits per heavy atom. The average molecular weight is 195 g/mol. The van der Waals surface area contributed by atoms with E-state index in [1.54, 1.807) is 0 Å². The zero-order valence-corrected chi connectivity index (χ0v) is 9.09. The molecule has 1 radical (unpaired) electrons. The average Bonchev–Trinajstić information content (AvgIpc) is 3.10. The van der Waals surface area contributed by atoms with Gasteiger partial charge in [-0.3, -0.25) is 0 Å². The van der Waals surface area contributed by atoms with Crippen molar-refractivity contribution in [3.63, 3.8) is 0 Å². The summed E-state index contributed by atoms with van der Waals surface area (Å²) < 4.78 is 0. The number of allylic oxidation sites excluding steroid dienone is 1. The summed E-state index contributed by atoms with van der Waals surface area (Å²) in [7, 11) is 0. The van der Waals surface area contributed by atoms with E-state index in [9.17, 15) is 0 Å². The van der Waals surface area contributed by atoms with E-state index in [0.717, 1.165) is 5.56 Å². The Kier molecular flexibility index (Phi) is 2.64. The van der Waals surface area contributed by atoms with E-state index in [0.29, 0.717) is 5.92 Å². The quantitative estimate of drug-likeness (QED) is 0.645. The molecule has 0 amide bonds. The van der Waals surface area contributed by atoms with Crippen LogP contribution in [0.4, 0.5) is 0 Å². The number of hydrogen-bond donors (Lipinski definition) is 0. The molecule has 0 heteroatoms. The predicted octanol–water partition coefficient (Wildman–Crippen LogP) is 3.67. The van der Waals surface area contributed by atoms with Gasteiger partial charge in [0, 0.05) is 11.5 Å². The van der Waals surface area contributed by atoms with Gasteiger partial charge in [-0.05, 0) is 36.0 Å². The summed E-state index contributed by atoms with van der Waals surface area (Å²) in [5.41, 5.74) is 3.69. The van der Waals surface area contributed by atoms with Crippen LogP contribution in [-0.2, 0) is 0 Å². The first kappa shape index (κ1) is 10.1. The fraction of sp³-hybridized carbons (Fsp3) is 0.267. The molecule has 0 N–H and O–H groups in total. The van der Waals surface area contributed by atoms with Crippen LogP contribution in [-0.4, -0.2) is 0 Å². The Bertz CT molecular complexity index is 416. The zero-order valence-electron chi connectivity index (χ0n) is 9.09. The molecule has 1 aliphatic carbocycles. The van der Waals surface area contributed by atoms with Crippen molar-refractivity contribution in [2.75, 3.05) is 0 Å². The third-order valence-corrected chi connectivity index (χ3v) is 2.98. The molecule has 1 aliphatic rings. The fourth-order valence-electron chi connectivity index (χ4n) is 1.96. The highest BCUT2D eigenvalue weighted by Crippen LogP contribution is 2.44. The molecule has 0 spiro atoms. The zero-order chi connectivity index (χ0) is 10.8. The Balaban J connectivity index is 2.53. The molecule has 15 heavy (non-hydrogen) atoms. The Morgan fingerprint density at radius 3 is 2.80 bits per heavy atom. The molecule has 0 aromatic heterocycles. The van der Waals surface area contributed by atoms with Gasteiger partial charge in [-0.25, -0.2) is 0 Å². The summed E-state index contributed by atoms with van der Waals surface area (Å²) >= 11 is 0. The van der Waals surface area contributed by atoms with Crippen molar-refractivity contribution in [2.24, 2.45) is 0 Å². The maximum absolute atomic E-state index is 5.54. The van der Waals surface area contributed by atoms with Crippen LogP contribution in [0.15, 0.2) is 30.9 Å². The van der Waals surface area contributed by atoms with E-state index in [1.165, 1.54) is 29.9 Å². The number of rotatable bonds is 3. The summed E-state index contributed by atoms with van der Waals surface area (Å²) in [6.45, 7) is 5.92. The maximum atomic E-state index is 5.54. The molecule has 0 saturated heterocycles.